The average molecular weight is 390 g/mol. The van der Waals surface area contributed by atoms with Crippen LogP contribution in [0.2, 0.25) is 0 Å². The highest BCUT2D eigenvalue weighted by Gasteiger charge is 2.32. The maximum absolute atomic E-state index is 13.0. The molecule has 0 radical (unpaired) electrons. The normalized spacial score (nSPS) is 22.2. The minimum absolute atomic E-state index is 0.0123. The fourth-order valence-corrected chi connectivity index (χ4v) is 4.66. The lowest BCUT2D eigenvalue weighted by Gasteiger charge is -2.38. The van der Waals surface area contributed by atoms with Gasteiger partial charge in [-0.1, -0.05) is 12.1 Å². The zero-order valence-electron chi connectivity index (χ0n) is 16.1. The average Bonchev–Trinajstić information content (AvgIpc) is 3.11. The number of amides is 1. The van der Waals surface area contributed by atoms with E-state index in [0.29, 0.717) is 31.8 Å². The Labute approximate surface area is 164 Å². The van der Waals surface area contributed by atoms with Crippen LogP contribution in [0.1, 0.15) is 25.7 Å². The van der Waals surface area contributed by atoms with Gasteiger partial charge in [0.2, 0.25) is 5.91 Å². The van der Waals surface area contributed by atoms with Gasteiger partial charge in [0.25, 0.3) is 6.43 Å². The second-order valence-electron chi connectivity index (χ2n) is 8.14. The molecular formula is C21H28F2N4O. The number of hydrogen-bond donors (Lipinski definition) is 0. The molecule has 152 valence electrons. The van der Waals surface area contributed by atoms with Gasteiger partial charge in [-0.05, 0) is 56.8 Å². The van der Waals surface area contributed by atoms with E-state index >= 15 is 0 Å². The van der Waals surface area contributed by atoms with Crippen molar-refractivity contribution in [2.24, 2.45) is 11.8 Å². The van der Waals surface area contributed by atoms with Crippen LogP contribution < -0.4 is 0 Å². The van der Waals surface area contributed by atoms with E-state index in [1.54, 1.807) is 4.90 Å². The molecule has 2 saturated heterocycles. The van der Waals surface area contributed by atoms with Crippen LogP contribution in [-0.4, -0.2) is 64.4 Å². The monoisotopic (exact) mass is 390 g/mol. The van der Waals surface area contributed by atoms with E-state index in [1.807, 2.05) is 29.4 Å². The summed E-state index contributed by atoms with van der Waals surface area (Å²) in [6.45, 7) is 3.49. The van der Waals surface area contributed by atoms with E-state index in [4.69, 9.17) is 0 Å². The third kappa shape index (κ3) is 4.35. The third-order valence-electron chi connectivity index (χ3n) is 6.15. The number of para-hydroxylation sites is 2. The van der Waals surface area contributed by atoms with Gasteiger partial charge in [-0.3, -0.25) is 9.69 Å². The summed E-state index contributed by atoms with van der Waals surface area (Å²) in [6, 6.07) is 8.12. The fraction of sp³-hybridized carbons (Fsp3) is 0.619. The van der Waals surface area contributed by atoms with Crippen molar-refractivity contribution in [2.45, 2.75) is 38.7 Å². The first-order valence-corrected chi connectivity index (χ1v) is 10.3. The van der Waals surface area contributed by atoms with E-state index in [9.17, 15) is 13.6 Å². The minimum Gasteiger partial charge on any atom is -0.342 e. The van der Waals surface area contributed by atoms with Gasteiger partial charge in [-0.15, -0.1) is 0 Å². The van der Waals surface area contributed by atoms with Crippen molar-refractivity contribution < 1.29 is 13.6 Å². The number of imidazole rings is 1. The van der Waals surface area contributed by atoms with Gasteiger partial charge in [0, 0.05) is 25.6 Å². The maximum atomic E-state index is 13.0. The van der Waals surface area contributed by atoms with Crippen LogP contribution in [0, 0.1) is 11.8 Å². The van der Waals surface area contributed by atoms with Gasteiger partial charge < -0.3 is 9.47 Å². The quantitative estimate of drug-likeness (QED) is 0.787. The van der Waals surface area contributed by atoms with Crippen LogP contribution in [0.25, 0.3) is 11.0 Å². The van der Waals surface area contributed by atoms with Crippen LogP contribution in [0.5, 0.6) is 0 Å². The number of halogens is 2. The molecule has 0 saturated carbocycles. The Kier molecular flexibility index (Phi) is 5.90. The molecule has 1 aromatic carbocycles. The number of nitrogens with zero attached hydrogens (tertiary/aromatic N) is 4. The molecule has 0 N–H and O–H groups in total. The molecule has 1 aromatic heterocycles. The van der Waals surface area contributed by atoms with E-state index in [1.165, 1.54) is 0 Å². The Morgan fingerprint density at radius 3 is 2.71 bits per heavy atom. The molecule has 0 spiro atoms. The van der Waals surface area contributed by atoms with E-state index in [-0.39, 0.29) is 18.4 Å². The number of piperidine rings is 2. The molecule has 2 fully saturated rings. The molecule has 2 aliphatic rings. The Bertz CT molecular complexity index is 801. The zero-order valence-corrected chi connectivity index (χ0v) is 16.1. The number of benzene rings is 1. The summed E-state index contributed by atoms with van der Waals surface area (Å²) in [4.78, 5) is 21.2. The molecule has 2 aliphatic heterocycles. The fourth-order valence-electron chi connectivity index (χ4n) is 4.66. The van der Waals surface area contributed by atoms with Crippen molar-refractivity contribution in [3.63, 3.8) is 0 Å². The highest BCUT2D eigenvalue weighted by molar-refractivity contribution is 5.79. The molecule has 1 amide bonds. The number of aromatic nitrogens is 2. The van der Waals surface area contributed by atoms with Crippen molar-refractivity contribution in [3.8, 4) is 0 Å². The molecule has 5 nitrogen and oxygen atoms in total. The smallest absolute Gasteiger partial charge is 0.251 e. The van der Waals surface area contributed by atoms with E-state index < -0.39 is 6.43 Å². The highest BCUT2D eigenvalue weighted by atomic mass is 19.3. The zero-order chi connectivity index (χ0) is 19.5. The van der Waals surface area contributed by atoms with Crippen molar-refractivity contribution in [3.05, 3.63) is 30.6 Å². The number of fused-ring (bicyclic) bond motifs is 1. The van der Waals surface area contributed by atoms with Crippen LogP contribution in [0.3, 0.4) is 0 Å². The van der Waals surface area contributed by atoms with Gasteiger partial charge in [0.05, 0.1) is 23.9 Å². The summed E-state index contributed by atoms with van der Waals surface area (Å²) < 4.78 is 27.3. The van der Waals surface area contributed by atoms with Crippen LogP contribution in [0.15, 0.2) is 30.6 Å². The lowest BCUT2D eigenvalue weighted by atomic mass is 9.92. The molecule has 0 bridgehead atoms. The number of likely N-dealkylation sites (tertiary alicyclic amines) is 2. The first kappa shape index (κ1) is 19.3. The van der Waals surface area contributed by atoms with E-state index in [2.05, 4.69) is 15.6 Å². The van der Waals surface area contributed by atoms with Gasteiger partial charge in [-0.25, -0.2) is 13.8 Å². The van der Waals surface area contributed by atoms with Crippen molar-refractivity contribution in [1.29, 1.82) is 0 Å². The Hall–Kier alpha value is -2.02. The summed E-state index contributed by atoms with van der Waals surface area (Å²) in [7, 11) is 0. The first-order valence-electron chi connectivity index (χ1n) is 10.3. The Morgan fingerprint density at radius 1 is 1.14 bits per heavy atom. The van der Waals surface area contributed by atoms with Crippen molar-refractivity contribution in [1.82, 2.24) is 19.4 Å². The number of carbonyl (C=O) groups excluding carboxylic acids is 1. The minimum atomic E-state index is -2.30. The topological polar surface area (TPSA) is 41.4 Å². The first-order chi connectivity index (χ1) is 13.6. The summed E-state index contributed by atoms with van der Waals surface area (Å²) in [5.74, 6) is 0.632. The highest BCUT2D eigenvalue weighted by Crippen LogP contribution is 2.25. The second-order valence-corrected chi connectivity index (χ2v) is 8.14. The third-order valence-corrected chi connectivity index (χ3v) is 6.15. The van der Waals surface area contributed by atoms with E-state index in [0.717, 1.165) is 43.5 Å². The van der Waals surface area contributed by atoms with Gasteiger partial charge in [0.15, 0.2) is 0 Å². The van der Waals surface area contributed by atoms with Gasteiger partial charge >= 0.3 is 0 Å². The number of alkyl halides is 2. The number of carbonyl (C=O) groups is 1. The largest absolute Gasteiger partial charge is 0.342 e. The standard InChI is InChI=1S/C21H28F2N4O/c22-20(23)14-25-10-7-17(8-11-25)21(28)26-9-3-4-16(12-26)13-27-15-24-18-5-1-2-6-19(18)27/h1-2,5-6,15-17,20H,3-4,7-14H2. The Balaban J connectivity index is 1.33. The van der Waals surface area contributed by atoms with Gasteiger partial charge in [-0.2, -0.15) is 0 Å². The SMILES string of the molecule is O=C(C1CCN(CC(F)F)CC1)N1CCCC(Cn2cnc3ccccc32)C1. The number of rotatable bonds is 5. The van der Waals surface area contributed by atoms with Crippen molar-refractivity contribution >= 4 is 16.9 Å². The Morgan fingerprint density at radius 2 is 1.93 bits per heavy atom. The summed E-state index contributed by atoms with van der Waals surface area (Å²) in [6.07, 6.45) is 3.12. The second kappa shape index (κ2) is 8.55. The molecule has 2 aromatic rings. The van der Waals surface area contributed by atoms with Crippen molar-refractivity contribution in [2.75, 3.05) is 32.7 Å². The van der Waals surface area contributed by atoms with Crippen LogP contribution in [-0.2, 0) is 11.3 Å². The molecule has 4 rings (SSSR count). The molecule has 1 unspecified atom stereocenters. The lowest BCUT2D eigenvalue weighted by molar-refractivity contribution is -0.139. The van der Waals surface area contributed by atoms with Crippen LogP contribution in [0.4, 0.5) is 8.78 Å². The van der Waals surface area contributed by atoms with Crippen LogP contribution >= 0.6 is 0 Å². The molecule has 7 heteroatoms. The molecule has 0 aliphatic carbocycles. The molecule has 3 heterocycles. The molecular weight excluding hydrogens is 362 g/mol. The predicted octanol–water partition coefficient (Wildman–Crippen LogP) is 3.25. The lowest BCUT2D eigenvalue weighted by Crippen LogP contribution is -2.47. The summed E-state index contributed by atoms with van der Waals surface area (Å²) in [5.41, 5.74) is 2.14. The summed E-state index contributed by atoms with van der Waals surface area (Å²) >= 11 is 0. The predicted molar refractivity (Wildman–Crippen MR) is 104 cm³/mol. The molecule has 1 atom stereocenters. The summed E-state index contributed by atoms with van der Waals surface area (Å²) in [5, 5.41) is 0. The number of hydrogen-bond acceptors (Lipinski definition) is 3. The van der Waals surface area contributed by atoms with Gasteiger partial charge in [0.1, 0.15) is 0 Å². The maximum Gasteiger partial charge on any atom is 0.251 e. The molecule has 28 heavy (non-hydrogen) atoms.